The van der Waals surface area contributed by atoms with Crippen LogP contribution in [0, 0.1) is 12.8 Å². The van der Waals surface area contributed by atoms with E-state index in [1.807, 2.05) is 13.0 Å². The Morgan fingerprint density at radius 3 is 3.00 bits per heavy atom. The molecule has 0 N–H and O–H groups in total. The summed E-state index contributed by atoms with van der Waals surface area (Å²) < 4.78 is 12.1. The van der Waals surface area contributed by atoms with Crippen molar-refractivity contribution in [1.82, 2.24) is 9.88 Å². The topological polar surface area (TPSA) is 38.5 Å². The number of fused-ring (bicyclic) bond motifs is 1. The summed E-state index contributed by atoms with van der Waals surface area (Å²) in [4.78, 5) is 7.34. The molecule has 4 nitrogen and oxygen atoms in total. The predicted octanol–water partition coefficient (Wildman–Crippen LogP) is 4.27. The Morgan fingerprint density at radius 1 is 1.29 bits per heavy atom. The molecule has 2 aromatic rings. The standard InChI is InChI=1S/C19H24N2O2S/c1-12-2-5-15(22-12)9-21-7-6-14-8-17(23-18(14)10-21)19-20-16(11-24-19)13-3-4-13/h2,5,11,13-14,17-18H,3-4,6-10H2,1H3/t14-,17-,18+/m0/s1. The van der Waals surface area contributed by atoms with Gasteiger partial charge in [-0.05, 0) is 57.2 Å². The number of aryl methyl sites for hydroxylation is 1. The van der Waals surface area contributed by atoms with Gasteiger partial charge >= 0.3 is 0 Å². The molecule has 3 aliphatic rings. The third kappa shape index (κ3) is 2.93. The highest BCUT2D eigenvalue weighted by Crippen LogP contribution is 2.45. The zero-order valence-corrected chi connectivity index (χ0v) is 14.9. The van der Waals surface area contributed by atoms with E-state index in [1.54, 1.807) is 11.3 Å². The van der Waals surface area contributed by atoms with Gasteiger partial charge in [0.15, 0.2) is 0 Å². The van der Waals surface area contributed by atoms with Crippen molar-refractivity contribution >= 4 is 11.3 Å². The van der Waals surface area contributed by atoms with E-state index >= 15 is 0 Å². The van der Waals surface area contributed by atoms with Gasteiger partial charge in [-0.1, -0.05) is 0 Å². The van der Waals surface area contributed by atoms with Crippen LogP contribution in [0.3, 0.4) is 0 Å². The second-order valence-corrected chi connectivity index (χ2v) is 8.47. The SMILES string of the molecule is Cc1ccc(CN2CC[C@H]3C[C@@H](c4nc(C5CC5)cs4)O[C@@H]3C2)o1. The first-order valence-corrected chi connectivity index (χ1v) is 10.0. The molecule has 2 aliphatic heterocycles. The zero-order valence-electron chi connectivity index (χ0n) is 14.1. The van der Waals surface area contributed by atoms with Gasteiger partial charge in [-0.25, -0.2) is 4.98 Å². The Hall–Kier alpha value is -1.17. The van der Waals surface area contributed by atoms with E-state index in [4.69, 9.17) is 14.1 Å². The minimum absolute atomic E-state index is 0.225. The molecule has 1 saturated carbocycles. The number of piperidine rings is 1. The average molecular weight is 344 g/mol. The highest BCUT2D eigenvalue weighted by Gasteiger charge is 2.41. The van der Waals surface area contributed by atoms with Crippen LogP contribution in [0.25, 0.3) is 0 Å². The number of hydrogen-bond donors (Lipinski definition) is 0. The number of thiazole rings is 1. The van der Waals surface area contributed by atoms with Gasteiger partial charge in [0.05, 0.1) is 18.3 Å². The van der Waals surface area contributed by atoms with Crippen molar-refractivity contribution in [3.05, 3.63) is 39.7 Å². The summed E-state index contributed by atoms with van der Waals surface area (Å²) in [5.41, 5.74) is 1.31. The predicted molar refractivity (Wildman–Crippen MR) is 93.1 cm³/mol. The van der Waals surface area contributed by atoms with E-state index in [9.17, 15) is 0 Å². The summed E-state index contributed by atoms with van der Waals surface area (Å²) in [6.07, 6.45) is 5.59. The lowest BCUT2D eigenvalue weighted by Crippen LogP contribution is -2.41. The van der Waals surface area contributed by atoms with Gasteiger partial charge in [0.25, 0.3) is 0 Å². The van der Waals surface area contributed by atoms with E-state index < -0.39 is 0 Å². The summed E-state index contributed by atoms with van der Waals surface area (Å²) in [5.74, 6) is 3.49. The van der Waals surface area contributed by atoms with Crippen molar-refractivity contribution in [3.8, 4) is 0 Å². The summed E-state index contributed by atoms with van der Waals surface area (Å²) in [5, 5.41) is 3.46. The lowest BCUT2D eigenvalue weighted by Gasteiger charge is -2.33. The molecule has 3 fully saturated rings. The van der Waals surface area contributed by atoms with Gasteiger partial charge in [-0.15, -0.1) is 11.3 Å². The summed E-state index contributed by atoms with van der Waals surface area (Å²) in [6, 6.07) is 4.14. The van der Waals surface area contributed by atoms with Crippen molar-refractivity contribution in [2.75, 3.05) is 13.1 Å². The molecule has 128 valence electrons. The van der Waals surface area contributed by atoms with Gasteiger partial charge in [-0.3, -0.25) is 4.90 Å². The molecule has 0 spiro atoms. The minimum atomic E-state index is 0.225. The van der Waals surface area contributed by atoms with Gasteiger partial charge in [0.1, 0.15) is 22.6 Å². The highest BCUT2D eigenvalue weighted by molar-refractivity contribution is 7.09. The maximum Gasteiger partial charge on any atom is 0.122 e. The van der Waals surface area contributed by atoms with Crippen LogP contribution in [-0.4, -0.2) is 29.1 Å². The van der Waals surface area contributed by atoms with E-state index in [2.05, 4.69) is 16.3 Å². The molecule has 5 rings (SSSR count). The monoisotopic (exact) mass is 344 g/mol. The first-order chi connectivity index (χ1) is 11.7. The van der Waals surface area contributed by atoms with Gasteiger partial charge in [-0.2, -0.15) is 0 Å². The average Bonchev–Trinajstić information content (AvgIpc) is 2.98. The van der Waals surface area contributed by atoms with Crippen LogP contribution in [0.5, 0.6) is 0 Å². The molecule has 2 saturated heterocycles. The largest absolute Gasteiger partial charge is 0.465 e. The van der Waals surface area contributed by atoms with E-state index in [0.29, 0.717) is 12.0 Å². The molecule has 0 unspecified atom stereocenters. The van der Waals surface area contributed by atoms with Crippen molar-refractivity contribution in [1.29, 1.82) is 0 Å². The molecule has 4 heterocycles. The fourth-order valence-corrected chi connectivity index (χ4v) is 5.05. The van der Waals surface area contributed by atoms with E-state index in [-0.39, 0.29) is 6.10 Å². The molecular formula is C19H24N2O2S. The highest BCUT2D eigenvalue weighted by atomic mass is 32.1. The van der Waals surface area contributed by atoms with Crippen molar-refractivity contribution < 1.29 is 9.15 Å². The van der Waals surface area contributed by atoms with Gasteiger partial charge in [0, 0.05) is 17.8 Å². The molecule has 24 heavy (non-hydrogen) atoms. The van der Waals surface area contributed by atoms with Crippen LogP contribution in [0.2, 0.25) is 0 Å². The van der Waals surface area contributed by atoms with Crippen LogP contribution in [0.1, 0.15) is 59.9 Å². The Kier molecular flexibility index (Phi) is 3.76. The molecule has 1 aliphatic carbocycles. The number of aromatic nitrogens is 1. The zero-order chi connectivity index (χ0) is 16.1. The van der Waals surface area contributed by atoms with Gasteiger partial charge in [0.2, 0.25) is 0 Å². The number of likely N-dealkylation sites (tertiary alicyclic amines) is 1. The molecule has 2 aromatic heterocycles. The lowest BCUT2D eigenvalue weighted by atomic mass is 9.92. The molecule has 0 radical (unpaired) electrons. The lowest BCUT2D eigenvalue weighted by molar-refractivity contribution is -0.0108. The number of rotatable bonds is 4. The molecule has 0 amide bonds. The summed E-state index contributed by atoms with van der Waals surface area (Å²) in [6.45, 7) is 5.06. The van der Waals surface area contributed by atoms with Crippen molar-refractivity contribution in [3.63, 3.8) is 0 Å². The third-order valence-corrected chi connectivity index (χ3v) is 6.58. The quantitative estimate of drug-likeness (QED) is 0.830. The number of hydrogen-bond acceptors (Lipinski definition) is 5. The Labute approximate surface area is 146 Å². The third-order valence-electron chi connectivity index (χ3n) is 5.62. The first kappa shape index (κ1) is 15.1. The van der Waals surface area contributed by atoms with Crippen LogP contribution in [0.15, 0.2) is 21.9 Å². The molecular weight excluding hydrogens is 320 g/mol. The van der Waals surface area contributed by atoms with Crippen LogP contribution < -0.4 is 0 Å². The smallest absolute Gasteiger partial charge is 0.122 e. The van der Waals surface area contributed by atoms with Crippen molar-refractivity contribution in [2.45, 2.75) is 57.3 Å². The summed E-state index contributed by atoms with van der Waals surface area (Å²) >= 11 is 1.80. The summed E-state index contributed by atoms with van der Waals surface area (Å²) in [7, 11) is 0. The Morgan fingerprint density at radius 2 is 2.21 bits per heavy atom. The van der Waals surface area contributed by atoms with Crippen LogP contribution >= 0.6 is 11.3 Å². The fourth-order valence-electron chi connectivity index (χ4n) is 4.10. The second-order valence-electron chi connectivity index (χ2n) is 7.58. The maximum absolute atomic E-state index is 6.41. The van der Waals surface area contributed by atoms with E-state index in [1.165, 1.54) is 30.0 Å². The van der Waals surface area contributed by atoms with Crippen LogP contribution in [-0.2, 0) is 11.3 Å². The van der Waals surface area contributed by atoms with Crippen LogP contribution in [0.4, 0.5) is 0 Å². The van der Waals surface area contributed by atoms with Gasteiger partial charge < -0.3 is 9.15 Å². The normalized spacial score (nSPS) is 30.6. The number of ether oxygens (including phenoxy) is 1. The maximum atomic E-state index is 6.41. The number of nitrogens with zero attached hydrogens (tertiary/aromatic N) is 2. The Bertz CT molecular complexity index is 721. The molecule has 3 atom stereocenters. The Balaban J connectivity index is 1.22. The second kappa shape index (κ2) is 5.97. The van der Waals surface area contributed by atoms with E-state index in [0.717, 1.165) is 43.5 Å². The number of furan rings is 1. The fraction of sp³-hybridized carbons (Fsp3) is 0.632. The molecule has 0 bridgehead atoms. The van der Waals surface area contributed by atoms with Crippen molar-refractivity contribution in [2.24, 2.45) is 5.92 Å². The molecule has 0 aromatic carbocycles. The minimum Gasteiger partial charge on any atom is -0.465 e. The first-order valence-electron chi connectivity index (χ1n) is 9.13. The molecule has 5 heteroatoms.